The van der Waals surface area contributed by atoms with Crippen LogP contribution in [0.25, 0.3) is 10.9 Å². The van der Waals surface area contributed by atoms with Gasteiger partial charge in [-0.1, -0.05) is 69.9 Å². The van der Waals surface area contributed by atoms with Crippen LogP contribution >= 0.6 is 11.6 Å². The Morgan fingerprint density at radius 1 is 0.939 bits per heavy atom. The second-order valence-corrected chi connectivity index (χ2v) is 15.9. The van der Waals surface area contributed by atoms with Crippen molar-refractivity contribution in [2.75, 3.05) is 0 Å². The molecule has 0 saturated heterocycles. The Kier molecular flexibility index (Phi) is 15.5. The molecule has 0 saturated carbocycles. The zero-order valence-corrected chi connectivity index (χ0v) is 31.5. The molecule has 0 bridgehead atoms. The first-order chi connectivity index (χ1) is 23.1. The van der Waals surface area contributed by atoms with Gasteiger partial charge in [0, 0.05) is 58.6 Å². The third-order valence-electron chi connectivity index (χ3n) is 10.5. The average molecular weight is 695 g/mol. The summed E-state index contributed by atoms with van der Waals surface area (Å²) >= 11 is 6.23. The van der Waals surface area contributed by atoms with Gasteiger partial charge < -0.3 is 10.3 Å². The fourth-order valence-electron chi connectivity index (χ4n) is 7.32. The Labute approximate surface area is 298 Å². The second-order valence-electron chi connectivity index (χ2n) is 15.5. The maximum absolute atomic E-state index is 14.2. The molecule has 8 heteroatoms. The van der Waals surface area contributed by atoms with Gasteiger partial charge in [0.25, 0.3) is 0 Å². The van der Waals surface area contributed by atoms with E-state index in [1.807, 2.05) is 45.2 Å². The predicted octanol–water partition coefficient (Wildman–Crippen LogP) is 9.48. The molecule has 0 unspecified atom stereocenters. The van der Waals surface area contributed by atoms with E-state index < -0.39 is 22.8 Å². The molecular weight excluding hydrogens is 636 g/mol. The number of carbonyl (C=O) groups excluding carboxylic acids is 5. The number of amides is 1. The molecular formula is C41H59ClN2O5. The molecule has 1 amide bonds. The summed E-state index contributed by atoms with van der Waals surface area (Å²) in [7, 11) is 0. The van der Waals surface area contributed by atoms with E-state index in [1.165, 1.54) is 13.8 Å². The maximum Gasteiger partial charge on any atom is 0.223 e. The van der Waals surface area contributed by atoms with Crippen LogP contribution in [0.4, 0.5) is 0 Å². The molecule has 270 valence electrons. The fourth-order valence-corrected chi connectivity index (χ4v) is 7.50. The van der Waals surface area contributed by atoms with E-state index in [4.69, 9.17) is 11.6 Å². The largest absolute Gasteiger partial charge is 0.361 e. The van der Waals surface area contributed by atoms with Crippen LogP contribution in [0.1, 0.15) is 137 Å². The highest BCUT2D eigenvalue weighted by Gasteiger charge is 2.38. The highest BCUT2D eigenvalue weighted by Crippen LogP contribution is 2.35. The topological polar surface area (TPSA) is 113 Å². The van der Waals surface area contributed by atoms with Crippen LogP contribution in [0.5, 0.6) is 0 Å². The highest BCUT2D eigenvalue weighted by atomic mass is 35.5. The molecule has 1 aromatic heterocycles. The van der Waals surface area contributed by atoms with E-state index >= 15 is 0 Å². The molecule has 0 radical (unpaired) electrons. The number of ketones is 4. The normalized spacial score (nSPS) is 26.9. The Bertz CT molecular complexity index is 1490. The highest BCUT2D eigenvalue weighted by molar-refractivity contribution is 6.31. The summed E-state index contributed by atoms with van der Waals surface area (Å²) in [5, 5.41) is 4.64. The van der Waals surface area contributed by atoms with Gasteiger partial charge in [0.2, 0.25) is 5.91 Å². The summed E-state index contributed by atoms with van der Waals surface area (Å²) in [5.41, 5.74) is -0.0316. The average Bonchev–Trinajstić information content (AvgIpc) is 3.41. The summed E-state index contributed by atoms with van der Waals surface area (Å²) in [5.74, 6) is -1.27. The maximum atomic E-state index is 14.2. The first-order valence-corrected chi connectivity index (χ1v) is 18.8. The number of halogens is 1. The van der Waals surface area contributed by atoms with Gasteiger partial charge >= 0.3 is 0 Å². The Hall–Kier alpha value is -3.06. The van der Waals surface area contributed by atoms with Crippen LogP contribution in [0.3, 0.4) is 0 Å². The number of rotatable bonds is 7. The third kappa shape index (κ3) is 12.3. The third-order valence-corrected chi connectivity index (χ3v) is 10.7. The van der Waals surface area contributed by atoms with Gasteiger partial charge in [-0.2, -0.15) is 0 Å². The molecule has 2 heterocycles. The minimum absolute atomic E-state index is 0.0288. The standard InChI is InChI=1S/C41H59ClN2O5/c1-28(2)22-31-16-19-37(47)32(23-33-27-43-36-25-34(42)17-18-35(33)36)24-38(48)40(5,26-29(3)45)20-14-12-10-8-7-9-11-13-15-21-41(6,30(4)46)44-39(31)49/h9,11,17-18,25,27-28,31-32,43H,7-8,10,12-16,19-24,26H2,1-6H3,(H,44,49)/b11-9+/t31-,32+,40-,41-/m0/s1. The van der Waals surface area contributed by atoms with Crippen LogP contribution in [-0.4, -0.2) is 39.6 Å². The minimum atomic E-state index is -0.977. The van der Waals surface area contributed by atoms with E-state index in [9.17, 15) is 24.0 Å². The van der Waals surface area contributed by atoms with Crippen LogP contribution in [0.2, 0.25) is 5.02 Å². The fraction of sp³-hybridized carbons (Fsp3) is 0.634. The van der Waals surface area contributed by atoms with Crippen molar-refractivity contribution in [3.8, 4) is 0 Å². The number of aromatic nitrogens is 1. The molecule has 0 fully saturated rings. The summed E-state index contributed by atoms with van der Waals surface area (Å²) in [6.07, 6.45) is 15.5. The van der Waals surface area contributed by atoms with E-state index in [0.29, 0.717) is 37.1 Å². The lowest BCUT2D eigenvalue weighted by Gasteiger charge is -2.31. The lowest BCUT2D eigenvalue weighted by atomic mass is 9.72. The van der Waals surface area contributed by atoms with Crippen molar-refractivity contribution in [2.45, 2.75) is 143 Å². The van der Waals surface area contributed by atoms with Crippen LogP contribution in [-0.2, 0) is 30.4 Å². The van der Waals surface area contributed by atoms with Gasteiger partial charge in [-0.15, -0.1) is 0 Å². The summed E-state index contributed by atoms with van der Waals surface area (Å²) in [6.45, 7) is 10.9. The zero-order chi connectivity index (χ0) is 36.2. The van der Waals surface area contributed by atoms with E-state index in [0.717, 1.165) is 61.4 Å². The lowest BCUT2D eigenvalue weighted by molar-refractivity contribution is -0.136. The molecule has 1 aliphatic heterocycles. The van der Waals surface area contributed by atoms with Crippen LogP contribution < -0.4 is 5.32 Å². The van der Waals surface area contributed by atoms with Gasteiger partial charge in [0.1, 0.15) is 17.3 Å². The number of allylic oxidation sites excluding steroid dienone is 2. The van der Waals surface area contributed by atoms with Gasteiger partial charge in [-0.05, 0) is 102 Å². The summed E-state index contributed by atoms with van der Waals surface area (Å²) in [6, 6.07) is 5.59. The van der Waals surface area contributed by atoms with Crippen molar-refractivity contribution in [3.05, 3.63) is 47.1 Å². The molecule has 7 nitrogen and oxygen atoms in total. The van der Waals surface area contributed by atoms with Gasteiger partial charge in [-0.25, -0.2) is 0 Å². The number of hydrogen-bond acceptors (Lipinski definition) is 5. The number of aromatic amines is 1. The number of benzene rings is 1. The molecule has 0 spiro atoms. The van der Waals surface area contributed by atoms with Crippen molar-refractivity contribution >= 4 is 51.5 Å². The summed E-state index contributed by atoms with van der Waals surface area (Å²) in [4.78, 5) is 70.6. The number of Topliss-reactive ketones (excluding diaryl/α,β-unsaturated/α-hetero) is 4. The number of nitrogens with one attached hydrogen (secondary N) is 2. The molecule has 49 heavy (non-hydrogen) atoms. The van der Waals surface area contributed by atoms with Gasteiger partial charge in [0.15, 0.2) is 5.78 Å². The van der Waals surface area contributed by atoms with Crippen molar-refractivity contribution < 1.29 is 24.0 Å². The lowest BCUT2D eigenvalue weighted by Crippen LogP contribution is -2.53. The predicted molar refractivity (Wildman–Crippen MR) is 199 cm³/mol. The molecule has 2 aromatic rings. The molecule has 1 aliphatic rings. The SMILES string of the molecule is CC(=O)C[C@]1(C)CCCCCC/C=C/CCC[C@@](C)(C(C)=O)NC(=O)[C@H](CC(C)C)CCC(=O)[C@H](Cc2c[nH]c3cc(Cl)ccc23)CC1=O. The number of fused-ring (bicyclic) bond motifs is 1. The quantitative estimate of drug-likeness (QED) is 0.280. The smallest absolute Gasteiger partial charge is 0.223 e. The number of carbonyl (C=O) groups is 5. The van der Waals surface area contributed by atoms with Gasteiger partial charge in [-0.3, -0.25) is 24.0 Å². The molecule has 2 N–H and O–H groups in total. The Morgan fingerprint density at radius 3 is 2.31 bits per heavy atom. The van der Waals surface area contributed by atoms with Crippen molar-refractivity contribution in [3.63, 3.8) is 0 Å². The van der Waals surface area contributed by atoms with Crippen LogP contribution in [0.15, 0.2) is 36.5 Å². The second kappa shape index (κ2) is 18.8. The molecule has 0 aliphatic carbocycles. The first kappa shape index (κ1) is 40.4. The van der Waals surface area contributed by atoms with E-state index in [-0.39, 0.29) is 54.2 Å². The van der Waals surface area contributed by atoms with Crippen molar-refractivity contribution in [2.24, 2.45) is 23.2 Å². The van der Waals surface area contributed by atoms with Crippen molar-refractivity contribution in [1.29, 1.82) is 0 Å². The van der Waals surface area contributed by atoms with Gasteiger partial charge in [0.05, 0.1) is 5.54 Å². The Balaban J connectivity index is 1.96. The number of hydrogen-bond donors (Lipinski definition) is 2. The zero-order valence-electron chi connectivity index (χ0n) is 30.7. The molecule has 4 atom stereocenters. The number of H-pyrrole nitrogens is 1. The molecule has 1 aromatic carbocycles. The molecule has 3 rings (SSSR count). The van der Waals surface area contributed by atoms with E-state index in [2.05, 4.69) is 22.5 Å². The Morgan fingerprint density at radius 2 is 1.63 bits per heavy atom. The monoisotopic (exact) mass is 694 g/mol. The minimum Gasteiger partial charge on any atom is -0.361 e. The first-order valence-electron chi connectivity index (χ1n) is 18.4. The van der Waals surface area contributed by atoms with Crippen LogP contribution in [0, 0.1) is 23.2 Å². The van der Waals surface area contributed by atoms with Crippen molar-refractivity contribution in [1.82, 2.24) is 10.3 Å². The van der Waals surface area contributed by atoms with E-state index in [1.54, 1.807) is 6.92 Å². The summed E-state index contributed by atoms with van der Waals surface area (Å²) < 4.78 is 0.